The van der Waals surface area contributed by atoms with Crippen molar-refractivity contribution < 1.29 is 9.53 Å². The number of anilines is 1. The molecule has 0 bridgehead atoms. The molecule has 1 heterocycles. The summed E-state index contributed by atoms with van der Waals surface area (Å²) in [5, 5.41) is 5.56. The van der Waals surface area contributed by atoms with E-state index in [1.165, 1.54) is 0 Å². The van der Waals surface area contributed by atoms with Crippen molar-refractivity contribution in [1.82, 2.24) is 4.98 Å². The van der Waals surface area contributed by atoms with Gasteiger partial charge >= 0.3 is 0 Å². The van der Waals surface area contributed by atoms with Crippen molar-refractivity contribution in [2.45, 2.75) is 23.4 Å². The number of hydrogen-bond donors (Lipinski definition) is 1. The topological polar surface area (TPSA) is 51.2 Å². The van der Waals surface area contributed by atoms with Gasteiger partial charge in [-0.15, -0.1) is 11.3 Å². The summed E-state index contributed by atoms with van der Waals surface area (Å²) < 4.78 is 6.23. The average molecular weight is 419 g/mol. The van der Waals surface area contributed by atoms with Gasteiger partial charge in [0, 0.05) is 16.2 Å². The molecule has 2 aromatic carbocycles. The second kappa shape index (κ2) is 9.26. The van der Waals surface area contributed by atoms with Crippen LogP contribution in [-0.4, -0.2) is 18.0 Å². The minimum atomic E-state index is -0.115. The van der Waals surface area contributed by atoms with Gasteiger partial charge in [0.25, 0.3) is 0 Å². The molecule has 27 heavy (non-hydrogen) atoms. The van der Waals surface area contributed by atoms with Gasteiger partial charge < -0.3 is 10.1 Å². The zero-order valence-electron chi connectivity index (χ0n) is 15.0. The van der Waals surface area contributed by atoms with E-state index in [1.54, 1.807) is 30.2 Å². The number of carbonyl (C=O) groups is 1. The average Bonchev–Trinajstić information content (AvgIpc) is 3.07. The summed E-state index contributed by atoms with van der Waals surface area (Å²) in [6, 6.07) is 13.5. The van der Waals surface area contributed by atoms with Gasteiger partial charge in [-0.3, -0.25) is 4.79 Å². The highest BCUT2D eigenvalue weighted by atomic mass is 35.5. The number of nitrogens with one attached hydrogen (secondary N) is 1. The molecule has 0 saturated heterocycles. The number of ether oxygens (including phenoxy) is 1. The van der Waals surface area contributed by atoms with Crippen molar-refractivity contribution >= 4 is 46.3 Å². The van der Waals surface area contributed by atoms with Crippen LogP contribution in [0.15, 0.2) is 52.2 Å². The maximum absolute atomic E-state index is 12.4. The first kappa shape index (κ1) is 19.7. The van der Waals surface area contributed by atoms with Crippen LogP contribution in [0.4, 0.5) is 5.69 Å². The van der Waals surface area contributed by atoms with Gasteiger partial charge in [0.05, 0.1) is 24.9 Å². The molecule has 0 fully saturated rings. The number of aryl methyl sites for hydroxylation is 1. The van der Waals surface area contributed by atoms with Crippen LogP contribution >= 0.6 is 34.7 Å². The van der Waals surface area contributed by atoms with Gasteiger partial charge in [-0.05, 0) is 42.3 Å². The molecule has 0 spiro atoms. The highest BCUT2D eigenvalue weighted by Gasteiger charge is 2.11. The summed E-state index contributed by atoms with van der Waals surface area (Å²) in [6.45, 7) is 1.97. The number of aromatic nitrogens is 1. The Morgan fingerprint density at radius 3 is 2.93 bits per heavy atom. The lowest BCUT2D eigenvalue weighted by Crippen LogP contribution is -2.15. The quantitative estimate of drug-likeness (QED) is 0.508. The lowest BCUT2D eigenvalue weighted by atomic mass is 10.2. The second-order valence-corrected chi connectivity index (χ2v) is 8.47. The fourth-order valence-corrected chi connectivity index (χ4v) is 4.49. The van der Waals surface area contributed by atoms with Gasteiger partial charge in [0.1, 0.15) is 10.1 Å². The molecule has 0 atom stereocenters. The number of methoxy groups -OCH3 is 1. The summed E-state index contributed by atoms with van der Waals surface area (Å²) in [6.07, 6.45) is 0.228. The molecule has 1 amide bonds. The van der Waals surface area contributed by atoms with E-state index in [9.17, 15) is 4.79 Å². The van der Waals surface area contributed by atoms with Gasteiger partial charge in [-0.25, -0.2) is 4.98 Å². The Morgan fingerprint density at radius 2 is 2.15 bits per heavy atom. The van der Waals surface area contributed by atoms with Crippen molar-refractivity contribution in [3.8, 4) is 5.75 Å². The van der Waals surface area contributed by atoms with E-state index in [0.29, 0.717) is 11.4 Å². The van der Waals surface area contributed by atoms with Crippen LogP contribution in [0.3, 0.4) is 0 Å². The van der Waals surface area contributed by atoms with Crippen LogP contribution in [0.5, 0.6) is 5.75 Å². The van der Waals surface area contributed by atoms with Crippen molar-refractivity contribution in [2.75, 3.05) is 12.4 Å². The van der Waals surface area contributed by atoms with Crippen LogP contribution in [-0.2, 0) is 17.0 Å². The first-order valence-corrected chi connectivity index (χ1v) is 10.5. The minimum absolute atomic E-state index is 0.115. The number of thioether (sulfide) groups is 1. The molecular formula is C20H19ClN2O2S2. The predicted molar refractivity (Wildman–Crippen MR) is 113 cm³/mol. The number of carbonyl (C=O) groups excluding carboxylic acids is 1. The van der Waals surface area contributed by atoms with E-state index in [0.717, 1.165) is 31.9 Å². The number of thiazole rings is 1. The van der Waals surface area contributed by atoms with Crippen molar-refractivity contribution in [3.05, 3.63) is 69.7 Å². The van der Waals surface area contributed by atoms with Crippen LogP contribution in [0.2, 0.25) is 5.02 Å². The number of benzene rings is 2. The third-order valence-corrected chi connectivity index (χ3v) is 6.13. The van der Waals surface area contributed by atoms with E-state index in [-0.39, 0.29) is 12.3 Å². The van der Waals surface area contributed by atoms with E-state index in [2.05, 4.69) is 10.3 Å². The molecule has 0 aliphatic carbocycles. The number of nitrogens with zero attached hydrogens (tertiary/aromatic N) is 1. The fourth-order valence-electron chi connectivity index (χ4n) is 2.49. The van der Waals surface area contributed by atoms with Crippen LogP contribution < -0.4 is 10.1 Å². The smallest absolute Gasteiger partial charge is 0.230 e. The van der Waals surface area contributed by atoms with Crippen LogP contribution in [0, 0.1) is 6.92 Å². The van der Waals surface area contributed by atoms with E-state index in [4.69, 9.17) is 16.3 Å². The van der Waals surface area contributed by atoms with Crippen molar-refractivity contribution in [2.24, 2.45) is 0 Å². The third kappa shape index (κ3) is 5.73. The Labute approximate surface area is 171 Å². The normalized spacial score (nSPS) is 10.6. The maximum atomic E-state index is 12.4. The Balaban J connectivity index is 1.57. The highest BCUT2D eigenvalue weighted by molar-refractivity contribution is 8.00. The number of halogens is 1. The Bertz CT molecular complexity index is 943. The predicted octanol–water partition coefficient (Wildman–Crippen LogP) is 5.59. The van der Waals surface area contributed by atoms with Crippen LogP contribution in [0.1, 0.15) is 16.8 Å². The first-order chi connectivity index (χ1) is 13.0. The van der Waals surface area contributed by atoms with E-state index in [1.807, 2.05) is 54.8 Å². The van der Waals surface area contributed by atoms with Crippen molar-refractivity contribution in [3.63, 3.8) is 0 Å². The van der Waals surface area contributed by atoms with Gasteiger partial charge in [-0.1, -0.05) is 41.6 Å². The maximum Gasteiger partial charge on any atom is 0.230 e. The zero-order chi connectivity index (χ0) is 19.2. The standard InChI is InChI=1S/C20H19ClN2O2S2/c1-13-6-7-18(25-2)17(8-13)23-19(24)10-16-12-27-20(22-16)26-11-14-4-3-5-15(21)9-14/h3-9,12H,10-11H2,1-2H3,(H,23,24). The molecule has 0 unspecified atom stereocenters. The lowest BCUT2D eigenvalue weighted by Gasteiger charge is -2.10. The van der Waals surface area contributed by atoms with E-state index >= 15 is 0 Å². The molecule has 3 aromatic rings. The van der Waals surface area contributed by atoms with Gasteiger partial charge in [0.15, 0.2) is 0 Å². The second-order valence-electron chi connectivity index (χ2n) is 5.95. The van der Waals surface area contributed by atoms with Crippen LogP contribution in [0.25, 0.3) is 0 Å². The number of hydrogen-bond acceptors (Lipinski definition) is 5. The summed E-state index contributed by atoms with van der Waals surface area (Å²) >= 11 is 9.19. The molecular weight excluding hydrogens is 400 g/mol. The SMILES string of the molecule is COc1ccc(C)cc1NC(=O)Cc1csc(SCc2cccc(Cl)c2)n1. The minimum Gasteiger partial charge on any atom is -0.495 e. The molecule has 140 valence electrons. The zero-order valence-corrected chi connectivity index (χ0v) is 17.4. The van der Waals surface area contributed by atoms with Crippen molar-refractivity contribution in [1.29, 1.82) is 0 Å². The molecule has 1 N–H and O–H groups in total. The molecule has 3 rings (SSSR count). The monoisotopic (exact) mass is 418 g/mol. The summed E-state index contributed by atoms with van der Waals surface area (Å²) in [7, 11) is 1.59. The molecule has 0 aliphatic heterocycles. The highest BCUT2D eigenvalue weighted by Crippen LogP contribution is 2.28. The summed E-state index contributed by atoms with van der Waals surface area (Å²) in [4.78, 5) is 16.9. The first-order valence-electron chi connectivity index (χ1n) is 8.29. The Morgan fingerprint density at radius 1 is 1.30 bits per heavy atom. The largest absolute Gasteiger partial charge is 0.495 e. The molecule has 1 aromatic heterocycles. The Hall–Kier alpha value is -2.02. The lowest BCUT2D eigenvalue weighted by molar-refractivity contribution is -0.115. The molecule has 4 nitrogen and oxygen atoms in total. The molecule has 7 heteroatoms. The van der Waals surface area contributed by atoms with Gasteiger partial charge in [-0.2, -0.15) is 0 Å². The summed E-state index contributed by atoms with van der Waals surface area (Å²) in [5.41, 5.74) is 3.64. The van der Waals surface area contributed by atoms with Gasteiger partial charge in [0.2, 0.25) is 5.91 Å². The fraction of sp³-hybridized carbons (Fsp3) is 0.200. The Kier molecular flexibility index (Phi) is 6.77. The van der Waals surface area contributed by atoms with E-state index < -0.39 is 0 Å². The third-order valence-electron chi connectivity index (χ3n) is 3.75. The molecule has 0 radical (unpaired) electrons. The summed E-state index contributed by atoms with van der Waals surface area (Å²) in [5.74, 6) is 1.32. The number of amides is 1. The molecule has 0 saturated carbocycles. The molecule has 0 aliphatic rings. The number of rotatable bonds is 7.